The number of benzene rings is 3. The summed E-state index contributed by atoms with van der Waals surface area (Å²) in [5.41, 5.74) is 0.00809. The molecule has 0 aliphatic rings. The fraction of sp³-hybridized carbons (Fsp3) is 0.0435. The minimum Gasteiger partial charge on any atom is -0.268 e. The maximum atomic E-state index is 13.4. The minimum atomic E-state index is -4.46. The zero-order valence-corrected chi connectivity index (χ0v) is 15.4. The van der Waals surface area contributed by atoms with E-state index < -0.39 is 17.6 Å². The van der Waals surface area contributed by atoms with Gasteiger partial charge in [0.2, 0.25) is 0 Å². The molecule has 0 saturated heterocycles. The zero-order valence-electron chi connectivity index (χ0n) is 15.4. The summed E-state index contributed by atoms with van der Waals surface area (Å²) in [5.74, 6) is -0.246. The Balaban J connectivity index is 1.88. The van der Waals surface area contributed by atoms with Crippen molar-refractivity contribution in [2.24, 2.45) is 0 Å². The van der Waals surface area contributed by atoms with Crippen molar-refractivity contribution >= 4 is 23.1 Å². The fourth-order valence-electron chi connectivity index (χ4n) is 3.09. The largest absolute Gasteiger partial charge is 0.416 e. The lowest BCUT2D eigenvalue weighted by Gasteiger charge is -2.11. The van der Waals surface area contributed by atoms with E-state index in [0.29, 0.717) is 22.2 Å². The number of para-hydroxylation sites is 1. The third kappa shape index (κ3) is 3.87. The van der Waals surface area contributed by atoms with Gasteiger partial charge in [0.15, 0.2) is 0 Å². The third-order valence-corrected chi connectivity index (χ3v) is 4.53. The van der Waals surface area contributed by atoms with Crippen LogP contribution in [0, 0.1) is 5.82 Å². The van der Waals surface area contributed by atoms with Gasteiger partial charge in [-0.1, -0.05) is 30.3 Å². The molecule has 0 fully saturated rings. The number of rotatable bonds is 3. The van der Waals surface area contributed by atoms with Crippen LogP contribution in [0.4, 0.5) is 17.6 Å². The first-order valence-electron chi connectivity index (χ1n) is 8.96. The highest BCUT2D eigenvalue weighted by Crippen LogP contribution is 2.30. The third-order valence-electron chi connectivity index (χ3n) is 4.53. The summed E-state index contributed by atoms with van der Waals surface area (Å²) >= 11 is 0. The molecule has 0 radical (unpaired) electrons. The molecule has 0 spiro atoms. The van der Waals surface area contributed by atoms with Crippen molar-refractivity contribution in [1.82, 2.24) is 9.55 Å². The van der Waals surface area contributed by atoms with Gasteiger partial charge in [0.25, 0.3) is 5.56 Å². The topological polar surface area (TPSA) is 34.9 Å². The fourth-order valence-corrected chi connectivity index (χ4v) is 3.09. The molecule has 0 atom stereocenters. The van der Waals surface area contributed by atoms with E-state index in [1.807, 2.05) is 0 Å². The first-order valence-corrected chi connectivity index (χ1v) is 8.96. The number of hydrogen-bond acceptors (Lipinski definition) is 2. The van der Waals surface area contributed by atoms with Gasteiger partial charge in [0.1, 0.15) is 11.6 Å². The van der Waals surface area contributed by atoms with Crippen LogP contribution in [-0.4, -0.2) is 9.55 Å². The van der Waals surface area contributed by atoms with Crippen molar-refractivity contribution in [2.45, 2.75) is 6.18 Å². The van der Waals surface area contributed by atoms with Crippen LogP contribution in [0.5, 0.6) is 0 Å². The Morgan fingerprint density at radius 3 is 2.33 bits per heavy atom. The van der Waals surface area contributed by atoms with Crippen LogP contribution in [0.25, 0.3) is 28.7 Å². The molecule has 0 aliphatic carbocycles. The quantitative estimate of drug-likeness (QED) is 0.405. The predicted octanol–water partition coefficient (Wildman–Crippen LogP) is 5.71. The number of halogens is 4. The van der Waals surface area contributed by atoms with E-state index in [9.17, 15) is 22.4 Å². The molecule has 0 amide bonds. The maximum absolute atomic E-state index is 13.4. The van der Waals surface area contributed by atoms with Crippen LogP contribution in [0.1, 0.15) is 17.0 Å². The van der Waals surface area contributed by atoms with Gasteiger partial charge < -0.3 is 0 Å². The molecule has 7 heteroatoms. The van der Waals surface area contributed by atoms with Crippen LogP contribution in [-0.2, 0) is 6.18 Å². The first-order chi connectivity index (χ1) is 14.3. The second-order valence-corrected chi connectivity index (χ2v) is 6.56. The lowest BCUT2D eigenvalue weighted by atomic mass is 10.1. The SMILES string of the molecule is O=c1c2ccccc2nc(/C=C\c2cccc(C(F)(F)F)c2)n1-c1ccc(F)cc1. The smallest absolute Gasteiger partial charge is 0.268 e. The van der Waals surface area contributed by atoms with Gasteiger partial charge in [-0.15, -0.1) is 0 Å². The van der Waals surface area contributed by atoms with E-state index in [0.717, 1.165) is 12.1 Å². The van der Waals surface area contributed by atoms with Gasteiger partial charge in [-0.25, -0.2) is 9.37 Å². The van der Waals surface area contributed by atoms with Crippen molar-refractivity contribution in [3.63, 3.8) is 0 Å². The number of aromatic nitrogens is 2. The van der Waals surface area contributed by atoms with Crippen LogP contribution in [0.3, 0.4) is 0 Å². The van der Waals surface area contributed by atoms with Gasteiger partial charge in [-0.3, -0.25) is 9.36 Å². The Morgan fingerprint density at radius 2 is 1.60 bits per heavy atom. The van der Waals surface area contributed by atoms with Crippen LogP contribution in [0.15, 0.2) is 77.6 Å². The Morgan fingerprint density at radius 1 is 0.867 bits per heavy atom. The number of hydrogen-bond donors (Lipinski definition) is 0. The molecular formula is C23H14F4N2O. The summed E-state index contributed by atoms with van der Waals surface area (Å²) in [7, 11) is 0. The average molecular weight is 410 g/mol. The van der Waals surface area contributed by atoms with Crippen molar-refractivity contribution in [3.8, 4) is 5.69 Å². The summed E-state index contributed by atoms with van der Waals surface area (Å²) in [6.45, 7) is 0. The van der Waals surface area contributed by atoms with E-state index in [4.69, 9.17) is 0 Å². The average Bonchev–Trinajstić information content (AvgIpc) is 2.73. The summed E-state index contributed by atoms with van der Waals surface area (Å²) < 4.78 is 53.5. The lowest BCUT2D eigenvalue weighted by Crippen LogP contribution is -2.22. The molecule has 4 aromatic rings. The van der Waals surface area contributed by atoms with Crippen molar-refractivity contribution in [1.29, 1.82) is 0 Å². The number of alkyl halides is 3. The Kier molecular flexibility index (Phi) is 4.95. The molecule has 0 aliphatic heterocycles. The van der Waals surface area contributed by atoms with Crippen molar-refractivity contribution in [3.05, 3.63) is 106 Å². The van der Waals surface area contributed by atoms with Crippen LogP contribution >= 0.6 is 0 Å². The van der Waals surface area contributed by atoms with Crippen LogP contribution in [0.2, 0.25) is 0 Å². The molecule has 3 aromatic carbocycles. The molecule has 4 rings (SSSR count). The second kappa shape index (κ2) is 7.59. The molecule has 30 heavy (non-hydrogen) atoms. The monoisotopic (exact) mass is 410 g/mol. The maximum Gasteiger partial charge on any atom is 0.416 e. The highest BCUT2D eigenvalue weighted by molar-refractivity contribution is 5.80. The lowest BCUT2D eigenvalue weighted by molar-refractivity contribution is -0.137. The first kappa shape index (κ1) is 19.6. The molecule has 0 saturated carbocycles. The predicted molar refractivity (Wildman–Crippen MR) is 108 cm³/mol. The van der Waals surface area contributed by atoms with Crippen molar-refractivity contribution < 1.29 is 17.6 Å². The van der Waals surface area contributed by atoms with E-state index in [1.165, 1.54) is 53.1 Å². The number of fused-ring (bicyclic) bond motifs is 1. The van der Waals surface area contributed by atoms with Crippen LogP contribution < -0.4 is 5.56 Å². The molecule has 0 N–H and O–H groups in total. The summed E-state index contributed by atoms with van der Waals surface area (Å²) in [6, 6.07) is 16.9. The minimum absolute atomic E-state index is 0.211. The Bertz CT molecular complexity index is 1310. The highest BCUT2D eigenvalue weighted by atomic mass is 19.4. The molecule has 0 bridgehead atoms. The zero-order chi connectivity index (χ0) is 21.3. The van der Waals surface area contributed by atoms with Gasteiger partial charge >= 0.3 is 6.18 Å². The molecule has 3 nitrogen and oxygen atoms in total. The van der Waals surface area contributed by atoms with Gasteiger partial charge in [-0.05, 0) is 60.2 Å². The molecule has 0 unspecified atom stereocenters. The van der Waals surface area contributed by atoms with Gasteiger partial charge in [-0.2, -0.15) is 13.2 Å². The van der Waals surface area contributed by atoms with E-state index in [-0.39, 0.29) is 11.4 Å². The van der Waals surface area contributed by atoms with Crippen molar-refractivity contribution in [2.75, 3.05) is 0 Å². The molecule has 1 aromatic heterocycles. The molecule has 150 valence electrons. The number of nitrogens with zero attached hydrogens (tertiary/aromatic N) is 2. The summed E-state index contributed by atoms with van der Waals surface area (Å²) in [6.07, 6.45) is -1.54. The normalized spacial score (nSPS) is 12.0. The standard InChI is InChI=1S/C23H14F4N2O/c24-17-9-11-18(12-10-17)29-21(28-20-7-2-1-6-19(20)22(29)30)13-8-15-4-3-5-16(14-15)23(25,26)27/h1-14H/b13-8-. The van der Waals surface area contributed by atoms with E-state index in [1.54, 1.807) is 24.3 Å². The van der Waals surface area contributed by atoms with E-state index >= 15 is 0 Å². The van der Waals surface area contributed by atoms with Gasteiger partial charge in [0, 0.05) is 0 Å². The van der Waals surface area contributed by atoms with Gasteiger partial charge in [0.05, 0.1) is 22.2 Å². The van der Waals surface area contributed by atoms with E-state index in [2.05, 4.69) is 4.98 Å². The Hall–Kier alpha value is -3.74. The molecular weight excluding hydrogens is 396 g/mol. The second-order valence-electron chi connectivity index (χ2n) is 6.56. The summed E-state index contributed by atoms with van der Waals surface area (Å²) in [4.78, 5) is 17.6. The highest BCUT2D eigenvalue weighted by Gasteiger charge is 2.30. The Labute approximate surface area is 168 Å². The molecule has 1 heterocycles. The summed E-state index contributed by atoms with van der Waals surface area (Å²) in [5, 5.41) is 0.373.